The van der Waals surface area contributed by atoms with Crippen molar-refractivity contribution in [3.63, 3.8) is 0 Å². The normalized spacial score (nSPS) is 24.6. The molecule has 2 rings (SSSR count). The Morgan fingerprint density at radius 2 is 2.33 bits per heavy atom. The smallest absolute Gasteiger partial charge is 0.168 e. The van der Waals surface area contributed by atoms with Gasteiger partial charge >= 0.3 is 0 Å². The van der Waals surface area contributed by atoms with E-state index in [1.807, 2.05) is 11.6 Å². The van der Waals surface area contributed by atoms with Gasteiger partial charge in [0.05, 0.1) is 23.9 Å². The first kappa shape index (κ1) is 10.4. The summed E-state index contributed by atoms with van der Waals surface area (Å²) in [6.07, 6.45) is 2.41. The van der Waals surface area contributed by atoms with Gasteiger partial charge in [-0.25, -0.2) is 4.68 Å². The molecular weight excluding hydrogens is 192 g/mol. The highest BCUT2D eigenvalue weighted by atomic mass is 16.5. The van der Waals surface area contributed by atoms with E-state index < -0.39 is 0 Å². The van der Waals surface area contributed by atoms with Crippen molar-refractivity contribution in [1.82, 2.24) is 15.0 Å². The Hall–Kier alpha value is -1.10. The number of nitrogen functional groups attached to an aromatic ring is 1. The second-order valence-corrected chi connectivity index (χ2v) is 4.78. The van der Waals surface area contributed by atoms with Crippen molar-refractivity contribution in [1.29, 1.82) is 0 Å². The molecule has 1 fully saturated rings. The minimum Gasteiger partial charge on any atom is -0.381 e. The fraction of sp³-hybridized carbons (Fsp3) is 0.800. The summed E-state index contributed by atoms with van der Waals surface area (Å²) in [5.41, 5.74) is 6.56. The van der Waals surface area contributed by atoms with Gasteiger partial charge in [-0.2, -0.15) is 0 Å². The van der Waals surface area contributed by atoms with Crippen LogP contribution in [0.3, 0.4) is 0 Å². The summed E-state index contributed by atoms with van der Waals surface area (Å²) >= 11 is 0. The van der Waals surface area contributed by atoms with E-state index in [1.54, 1.807) is 0 Å². The molecule has 2 heterocycles. The van der Waals surface area contributed by atoms with Crippen molar-refractivity contribution in [2.75, 3.05) is 5.73 Å². The van der Waals surface area contributed by atoms with E-state index >= 15 is 0 Å². The number of anilines is 1. The average molecular weight is 210 g/mol. The van der Waals surface area contributed by atoms with Crippen molar-refractivity contribution in [2.45, 2.75) is 51.9 Å². The Kier molecular flexibility index (Phi) is 2.42. The predicted molar refractivity (Wildman–Crippen MR) is 57.4 cm³/mol. The van der Waals surface area contributed by atoms with Crippen LogP contribution < -0.4 is 5.73 Å². The Bertz CT molecular complexity index is 358. The van der Waals surface area contributed by atoms with Gasteiger partial charge in [0.1, 0.15) is 0 Å². The number of aromatic nitrogens is 3. The van der Waals surface area contributed by atoms with Crippen molar-refractivity contribution in [3.8, 4) is 0 Å². The first-order valence-corrected chi connectivity index (χ1v) is 5.31. The molecule has 0 amide bonds. The molecule has 1 aromatic heterocycles. The zero-order valence-corrected chi connectivity index (χ0v) is 9.53. The maximum atomic E-state index is 5.89. The van der Waals surface area contributed by atoms with Gasteiger partial charge in [-0.15, -0.1) is 5.10 Å². The Morgan fingerprint density at radius 3 is 2.80 bits per heavy atom. The van der Waals surface area contributed by atoms with E-state index in [4.69, 9.17) is 10.5 Å². The molecule has 84 valence electrons. The second-order valence-electron chi connectivity index (χ2n) is 4.78. The van der Waals surface area contributed by atoms with Crippen LogP contribution in [-0.2, 0) is 11.3 Å². The van der Waals surface area contributed by atoms with Crippen LogP contribution in [0.1, 0.15) is 32.4 Å². The summed E-state index contributed by atoms with van der Waals surface area (Å²) in [7, 11) is 0. The molecule has 0 aromatic carbocycles. The van der Waals surface area contributed by atoms with E-state index in [2.05, 4.69) is 24.2 Å². The summed E-state index contributed by atoms with van der Waals surface area (Å²) in [5, 5.41) is 7.82. The van der Waals surface area contributed by atoms with Gasteiger partial charge in [-0.05, 0) is 33.6 Å². The lowest BCUT2D eigenvalue weighted by atomic mass is 10.1. The van der Waals surface area contributed by atoms with Crippen LogP contribution in [0, 0.1) is 6.92 Å². The largest absolute Gasteiger partial charge is 0.381 e. The molecule has 1 saturated heterocycles. The van der Waals surface area contributed by atoms with E-state index in [9.17, 15) is 0 Å². The number of ether oxygens (including phenoxy) is 1. The molecule has 0 bridgehead atoms. The first-order chi connectivity index (χ1) is 6.98. The molecule has 5 heteroatoms. The number of rotatable bonds is 2. The third kappa shape index (κ3) is 2.12. The van der Waals surface area contributed by atoms with Gasteiger partial charge in [0, 0.05) is 0 Å². The molecule has 1 unspecified atom stereocenters. The molecule has 0 radical (unpaired) electrons. The van der Waals surface area contributed by atoms with Crippen molar-refractivity contribution in [2.24, 2.45) is 0 Å². The van der Waals surface area contributed by atoms with Crippen molar-refractivity contribution < 1.29 is 4.74 Å². The van der Waals surface area contributed by atoms with Gasteiger partial charge < -0.3 is 10.5 Å². The van der Waals surface area contributed by atoms with Crippen LogP contribution >= 0.6 is 0 Å². The Morgan fingerprint density at radius 1 is 1.60 bits per heavy atom. The molecule has 0 spiro atoms. The summed E-state index contributed by atoms with van der Waals surface area (Å²) in [4.78, 5) is 0. The van der Waals surface area contributed by atoms with Crippen LogP contribution in [0.25, 0.3) is 0 Å². The summed E-state index contributed by atoms with van der Waals surface area (Å²) in [6, 6.07) is 0. The van der Waals surface area contributed by atoms with Gasteiger partial charge in [-0.3, -0.25) is 0 Å². The van der Waals surface area contributed by atoms with Crippen LogP contribution in [0.15, 0.2) is 0 Å². The number of nitrogens with two attached hydrogens (primary N) is 1. The summed E-state index contributed by atoms with van der Waals surface area (Å²) in [5.74, 6) is 0.507. The van der Waals surface area contributed by atoms with E-state index in [0.717, 1.165) is 25.1 Å². The first-order valence-electron chi connectivity index (χ1n) is 5.31. The van der Waals surface area contributed by atoms with Gasteiger partial charge in [-0.1, -0.05) is 5.21 Å². The van der Waals surface area contributed by atoms with Crippen LogP contribution in [-0.4, -0.2) is 26.7 Å². The van der Waals surface area contributed by atoms with Gasteiger partial charge in [0.25, 0.3) is 0 Å². The lowest BCUT2D eigenvalue weighted by Crippen LogP contribution is -2.23. The topological polar surface area (TPSA) is 66.0 Å². The average Bonchev–Trinajstić information content (AvgIpc) is 2.63. The monoisotopic (exact) mass is 210 g/mol. The lowest BCUT2D eigenvalue weighted by Gasteiger charge is -2.19. The molecule has 2 N–H and O–H groups in total. The van der Waals surface area contributed by atoms with Crippen LogP contribution in [0.4, 0.5) is 5.82 Å². The fourth-order valence-electron chi connectivity index (χ4n) is 1.95. The fourth-order valence-corrected chi connectivity index (χ4v) is 1.95. The molecule has 1 atom stereocenters. The molecule has 0 saturated carbocycles. The van der Waals surface area contributed by atoms with Crippen LogP contribution in [0.5, 0.6) is 0 Å². The summed E-state index contributed by atoms with van der Waals surface area (Å²) in [6.45, 7) is 6.92. The molecule has 1 aromatic rings. The molecule has 15 heavy (non-hydrogen) atoms. The predicted octanol–water partition coefficient (Wildman–Crippen LogP) is 1.13. The second kappa shape index (κ2) is 3.48. The molecule has 5 nitrogen and oxygen atoms in total. The van der Waals surface area contributed by atoms with Crippen molar-refractivity contribution in [3.05, 3.63) is 5.69 Å². The third-order valence-corrected chi connectivity index (χ3v) is 2.95. The highest BCUT2D eigenvalue weighted by Crippen LogP contribution is 2.30. The van der Waals surface area contributed by atoms with Crippen LogP contribution in [0.2, 0.25) is 0 Å². The minimum absolute atomic E-state index is 0.00466. The Balaban J connectivity index is 2.02. The molecule has 1 aliphatic rings. The number of hydrogen-bond donors (Lipinski definition) is 1. The highest BCUT2D eigenvalue weighted by Gasteiger charge is 2.32. The standard InChI is InChI=1S/C10H18N4O/c1-7-9(11)12-13-14(7)6-8-4-5-10(2,3)15-8/h8H,4-6,11H2,1-3H3. The van der Waals surface area contributed by atoms with E-state index in [-0.39, 0.29) is 11.7 Å². The minimum atomic E-state index is 0.00466. The zero-order valence-electron chi connectivity index (χ0n) is 9.53. The molecule has 0 aliphatic carbocycles. The highest BCUT2D eigenvalue weighted by molar-refractivity contribution is 5.31. The Labute approximate surface area is 89.6 Å². The molecule has 1 aliphatic heterocycles. The zero-order chi connectivity index (χ0) is 11.1. The van der Waals surface area contributed by atoms with Gasteiger partial charge in [0.2, 0.25) is 0 Å². The van der Waals surface area contributed by atoms with Gasteiger partial charge in [0.15, 0.2) is 5.82 Å². The van der Waals surface area contributed by atoms with E-state index in [1.165, 1.54) is 0 Å². The number of nitrogens with zero attached hydrogens (tertiary/aromatic N) is 3. The quantitative estimate of drug-likeness (QED) is 0.794. The third-order valence-electron chi connectivity index (χ3n) is 2.95. The maximum Gasteiger partial charge on any atom is 0.168 e. The van der Waals surface area contributed by atoms with E-state index in [0.29, 0.717) is 5.82 Å². The lowest BCUT2D eigenvalue weighted by molar-refractivity contribution is -0.0233. The summed E-state index contributed by atoms with van der Waals surface area (Å²) < 4.78 is 7.71. The maximum absolute atomic E-state index is 5.89. The SMILES string of the molecule is Cc1c(N)nnn1CC1CCC(C)(C)O1. The number of hydrogen-bond acceptors (Lipinski definition) is 4. The van der Waals surface area contributed by atoms with Crippen molar-refractivity contribution >= 4 is 5.82 Å². The molecular formula is C10H18N4O.